The number of aliphatic hydroxyl groups is 1. The Hall–Kier alpha value is -0.120. The molecule has 0 radical (unpaired) electrons. The maximum atomic E-state index is 10.3. The second-order valence-electron chi connectivity index (χ2n) is 13.1. The molecular formula is C27H44O3. The van der Waals surface area contributed by atoms with E-state index in [1.54, 1.807) is 0 Å². The smallest absolute Gasteiger partial charge is 0.171 e. The van der Waals surface area contributed by atoms with Crippen molar-refractivity contribution >= 4 is 0 Å². The SMILES string of the molecule is C[C@@H]1CC[C@@]2(OC1)O[C@H]1C[C@@H]3[C@@H]4CC[C@@H]5C[C@@H](O)CC[C@]5(C)[C@H]4CC[C@]3(C)[C@H]1[C@@H]2C. The minimum atomic E-state index is -0.282. The zero-order valence-corrected chi connectivity index (χ0v) is 19.7. The van der Waals surface area contributed by atoms with Crippen molar-refractivity contribution in [2.75, 3.05) is 6.61 Å². The minimum absolute atomic E-state index is 0.0389. The summed E-state index contributed by atoms with van der Waals surface area (Å²) in [6.45, 7) is 10.9. The Kier molecular flexibility index (Phi) is 4.58. The van der Waals surface area contributed by atoms with E-state index in [-0.39, 0.29) is 11.9 Å². The van der Waals surface area contributed by atoms with Crippen LogP contribution in [0.15, 0.2) is 0 Å². The Labute approximate surface area is 183 Å². The van der Waals surface area contributed by atoms with Crippen molar-refractivity contribution in [1.29, 1.82) is 0 Å². The predicted molar refractivity (Wildman–Crippen MR) is 118 cm³/mol. The lowest BCUT2D eigenvalue weighted by atomic mass is 9.44. The summed E-state index contributed by atoms with van der Waals surface area (Å²) in [7, 11) is 0. The van der Waals surface area contributed by atoms with Gasteiger partial charge in [-0.2, -0.15) is 0 Å². The van der Waals surface area contributed by atoms with Gasteiger partial charge in [0.25, 0.3) is 0 Å². The topological polar surface area (TPSA) is 38.7 Å². The van der Waals surface area contributed by atoms with Crippen LogP contribution in [0.1, 0.15) is 91.9 Å². The third-order valence-corrected chi connectivity index (χ3v) is 11.9. The van der Waals surface area contributed by atoms with E-state index in [2.05, 4.69) is 27.7 Å². The van der Waals surface area contributed by atoms with Gasteiger partial charge in [-0.3, -0.25) is 0 Å². The molecule has 30 heavy (non-hydrogen) atoms. The van der Waals surface area contributed by atoms with Crippen LogP contribution in [0.3, 0.4) is 0 Å². The Bertz CT molecular complexity index is 684. The molecule has 2 heterocycles. The molecule has 3 nitrogen and oxygen atoms in total. The highest BCUT2D eigenvalue weighted by Gasteiger charge is 2.69. The molecule has 6 rings (SSSR count). The number of fused-ring (bicyclic) bond motifs is 7. The van der Waals surface area contributed by atoms with Crippen molar-refractivity contribution in [2.45, 2.75) is 110 Å². The first-order chi connectivity index (χ1) is 14.3. The summed E-state index contributed by atoms with van der Waals surface area (Å²) in [5, 5.41) is 10.3. The highest BCUT2D eigenvalue weighted by molar-refractivity contribution is 5.15. The van der Waals surface area contributed by atoms with Crippen LogP contribution in [0.2, 0.25) is 0 Å². The van der Waals surface area contributed by atoms with E-state index in [9.17, 15) is 5.11 Å². The molecule has 0 bridgehead atoms. The summed E-state index contributed by atoms with van der Waals surface area (Å²) >= 11 is 0. The molecule has 170 valence electrons. The van der Waals surface area contributed by atoms with Gasteiger partial charge in [-0.05, 0) is 104 Å². The maximum absolute atomic E-state index is 10.3. The van der Waals surface area contributed by atoms with Gasteiger partial charge in [-0.15, -0.1) is 0 Å². The molecule has 0 aromatic heterocycles. The molecule has 0 aromatic carbocycles. The van der Waals surface area contributed by atoms with Gasteiger partial charge in [0, 0.05) is 12.3 Å². The van der Waals surface area contributed by atoms with Gasteiger partial charge in [-0.25, -0.2) is 0 Å². The van der Waals surface area contributed by atoms with Crippen LogP contribution < -0.4 is 0 Å². The minimum Gasteiger partial charge on any atom is -0.393 e. The zero-order valence-electron chi connectivity index (χ0n) is 19.7. The van der Waals surface area contributed by atoms with Gasteiger partial charge in [0.15, 0.2) is 5.79 Å². The van der Waals surface area contributed by atoms with Gasteiger partial charge in [-0.1, -0.05) is 27.7 Å². The van der Waals surface area contributed by atoms with Crippen molar-refractivity contribution in [1.82, 2.24) is 0 Å². The number of rotatable bonds is 0. The molecule has 4 saturated carbocycles. The van der Waals surface area contributed by atoms with E-state index in [1.807, 2.05) is 0 Å². The standard InChI is InChI=1S/C27H44O3/c1-16-7-12-27(29-15-16)17(2)24-23(30-27)14-22-20-6-5-18-13-19(28)8-10-25(18,3)21(20)9-11-26(22,24)4/h16-24,28H,5-15H2,1-4H3/t16-,17+,18-,19+,20-,21+,22-,23+,24+,25+,26+,27-/m1/s1. The average Bonchev–Trinajstić information content (AvgIpc) is 3.16. The quantitative estimate of drug-likeness (QED) is 0.543. The molecule has 2 saturated heterocycles. The lowest BCUT2D eigenvalue weighted by molar-refractivity contribution is -0.273. The molecule has 0 amide bonds. The first kappa shape index (κ1) is 20.5. The van der Waals surface area contributed by atoms with Crippen molar-refractivity contribution in [3.05, 3.63) is 0 Å². The molecule has 3 heteroatoms. The molecule has 6 aliphatic rings. The molecule has 4 aliphatic carbocycles. The molecule has 1 N–H and O–H groups in total. The molecule has 0 aromatic rings. The monoisotopic (exact) mass is 416 g/mol. The van der Waals surface area contributed by atoms with Gasteiger partial charge < -0.3 is 14.6 Å². The molecule has 0 unspecified atom stereocenters. The summed E-state index contributed by atoms with van der Waals surface area (Å²) in [5.74, 6) is 4.93. The van der Waals surface area contributed by atoms with Crippen molar-refractivity contribution < 1.29 is 14.6 Å². The summed E-state index contributed by atoms with van der Waals surface area (Å²) in [6, 6.07) is 0. The van der Waals surface area contributed by atoms with Crippen LogP contribution in [0.4, 0.5) is 0 Å². The highest BCUT2D eigenvalue weighted by Crippen LogP contribution is 2.71. The summed E-state index contributed by atoms with van der Waals surface area (Å²) in [5.41, 5.74) is 0.899. The van der Waals surface area contributed by atoms with Crippen LogP contribution in [0.5, 0.6) is 0 Å². The van der Waals surface area contributed by atoms with E-state index in [0.717, 1.165) is 49.5 Å². The molecule has 2 aliphatic heterocycles. The van der Waals surface area contributed by atoms with Gasteiger partial charge >= 0.3 is 0 Å². The Morgan fingerprint density at radius 3 is 2.40 bits per heavy atom. The fourth-order valence-corrected chi connectivity index (χ4v) is 10.3. The van der Waals surface area contributed by atoms with Crippen LogP contribution in [-0.2, 0) is 9.47 Å². The second-order valence-corrected chi connectivity index (χ2v) is 13.1. The van der Waals surface area contributed by atoms with Crippen LogP contribution in [0, 0.1) is 52.3 Å². The van der Waals surface area contributed by atoms with Crippen LogP contribution in [0.25, 0.3) is 0 Å². The lowest BCUT2D eigenvalue weighted by Gasteiger charge is -2.61. The predicted octanol–water partition coefficient (Wildman–Crippen LogP) is 5.79. The van der Waals surface area contributed by atoms with Crippen molar-refractivity contribution in [3.8, 4) is 0 Å². The first-order valence-electron chi connectivity index (χ1n) is 13.3. The largest absolute Gasteiger partial charge is 0.393 e. The third kappa shape index (κ3) is 2.61. The van der Waals surface area contributed by atoms with E-state index in [4.69, 9.17) is 9.47 Å². The molecule has 12 atom stereocenters. The molecule has 6 fully saturated rings. The first-order valence-corrected chi connectivity index (χ1v) is 13.3. The van der Waals surface area contributed by atoms with Gasteiger partial charge in [0.2, 0.25) is 0 Å². The summed E-state index contributed by atoms with van der Waals surface area (Å²) < 4.78 is 13.4. The number of aliphatic hydroxyl groups excluding tert-OH is 1. The van der Waals surface area contributed by atoms with Gasteiger partial charge in [0.1, 0.15) is 0 Å². The lowest BCUT2D eigenvalue weighted by Crippen LogP contribution is -2.55. The fraction of sp³-hybridized carbons (Fsp3) is 1.00. The molecular weight excluding hydrogens is 372 g/mol. The Morgan fingerprint density at radius 2 is 1.63 bits per heavy atom. The summed E-state index contributed by atoms with van der Waals surface area (Å²) in [4.78, 5) is 0. The Morgan fingerprint density at radius 1 is 0.833 bits per heavy atom. The normalized spacial score (nSPS) is 62.5. The zero-order chi connectivity index (χ0) is 20.9. The highest BCUT2D eigenvalue weighted by atomic mass is 16.7. The number of hydrogen-bond donors (Lipinski definition) is 1. The second kappa shape index (κ2) is 6.70. The van der Waals surface area contributed by atoms with Crippen molar-refractivity contribution in [3.63, 3.8) is 0 Å². The van der Waals surface area contributed by atoms with E-state index in [0.29, 0.717) is 34.7 Å². The Balaban J connectivity index is 1.26. The fourth-order valence-electron chi connectivity index (χ4n) is 10.3. The van der Waals surface area contributed by atoms with Crippen LogP contribution in [-0.4, -0.2) is 29.7 Å². The van der Waals surface area contributed by atoms with E-state index >= 15 is 0 Å². The summed E-state index contributed by atoms with van der Waals surface area (Å²) in [6.07, 6.45) is 12.9. The van der Waals surface area contributed by atoms with Gasteiger partial charge in [0.05, 0.1) is 18.8 Å². The maximum Gasteiger partial charge on any atom is 0.171 e. The van der Waals surface area contributed by atoms with Crippen molar-refractivity contribution in [2.24, 2.45) is 52.3 Å². The van der Waals surface area contributed by atoms with E-state index in [1.165, 1.54) is 44.9 Å². The van der Waals surface area contributed by atoms with E-state index < -0.39 is 0 Å². The number of ether oxygens (including phenoxy) is 2. The molecule has 1 spiro atoms. The van der Waals surface area contributed by atoms with Crippen LogP contribution >= 0.6 is 0 Å². The average molecular weight is 417 g/mol. The third-order valence-electron chi connectivity index (χ3n) is 11.9. The number of hydrogen-bond acceptors (Lipinski definition) is 3.